The van der Waals surface area contributed by atoms with E-state index in [1.807, 2.05) is 6.07 Å². The van der Waals surface area contributed by atoms with Gasteiger partial charge in [0.05, 0.1) is 7.11 Å². The summed E-state index contributed by atoms with van der Waals surface area (Å²) in [5, 5.41) is 9.51. The van der Waals surface area contributed by atoms with Crippen molar-refractivity contribution in [2.24, 2.45) is 0 Å². The molecule has 1 N–H and O–H groups in total. The van der Waals surface area contributed by atoms with Gasteiger partial charge >= 0.3 is 5.97 Å². The second-order valence-electron chi connectivity index (χ2n) is 3.80. The molecule has 1 aromatic carbocycles. The van der Waals surface area contributed by atoms with Crippen LogP contribution in [0.1, 0.15) is 42.1 Å². The van der Waals surface area contributed by atoms with E-state index in [9.17, 15) is 9.90 Å². The maximum atomic E-state index is 11.3. The zero-order chi connectivity index (χ0) is 12.0. The maximum Gasteiger partial charge on any atom is 0.341 e. The Kier molecular flexibility index (Phi) is 4.83. The lowest BCUT2D eigenvalue weighted by molar-refractivity contribution is 0.0597. The Balaban J connectivity index is 2.77. The molecule has 1 aromatic rings. The minimum atomic E-state index is -0.491. The smallest absolute Gasteiger partial charge is 0.341 e. The maximum absolute atomic E-state index is 11.3. The number of rotatable bonds is 5. The van der Waals surface area contributed by atoms with Gasteiger partial charge in [-0.25, -0.2) is 4.79 Å². The molecule has 0 aromatic heterocycles. The number of phenols is 1. The third-order valence-electron chi connectivity index (χ3n) is 2.54. The Morgan fingerprint density at radius 2 is 2.12 bits per heavy atom. The van der Waals surface area contributed by atoms with Crippen LogP contribution in [0.25, 0.3) is 0 Å². The summed E-state index contributed by atoms with van der Waals surface area (Å²) in [6, 6.07) is 5.10. The van der Waals surface area contributed by atoms with Crippen LogP contribution in [-0.4, -0.2) is 18.2 Å². The van der Waals surface area contributed by atoms with Crippen molar-refractivity contribution >= 4 is 5.97 Å². The first-order valence-corrected chi connectivity index (χ1v) is 5.59. The molecule has 0 saturated heterocycles. The molecular weight excluding hydrogens is 204 g/mol. The van der Waals surface area contributed by atoms with Crippen LogP contribution >= 0.6 is 0 Å². The highest BCUT2D eigenvalue weighted by Crippen LogP contribution is 2.20. The van der Waals surface area contributed by atoms with Gasteiger partial charge < -0.3 is 9.84 Å². The molecule has 88 valence electrons. The number of esters is 1. The Morgan fingerprint density at radius 3 is 2.75 bits per heavy atom. The largest absolute Gasteiger partial charge is 0.507 e. The Morgan fingerprint density at radius 1 is 1.38 bits per heavy atom. The normalized spacial score (nSPS) is 10.1. The molecule has 3 nitrogen and oxygen atoms in total. The van der Waals surface area contributed by atoms with Gasteiger partial charge in [-0.1, -0.05) is 25.8 Å². The monoisotopic (exact) mass is 222 g/mol. The first kappa shape index (κ1) is 12.6. The molecule has 0 saturated carbocycles. The molecule has 0 bridgehead atoms. The molecule has 0 aliphatic heterocycles. The lowest BCUT2D eigenvalue weighted by atomic mass is 10.0. The molecule has 0 fully saturated rings. The fourth-order valence-corrected chi connectivity index (χ4v) is 1.59. The van der Waals surface area contributed by atoms with E-state index in [1.54, 1.807) is 12.1 Å². The van der Waals surface area contributed by atoms with Crippen LogP contribution in [0.3, 0.4) is 0 Å². The number of carbonyl (C=O) groups is 1. The van der Waals surface area contributed by atoms with E-state index in [2.05, 4.69) is 11.7 Å². The summed E-state index contributed by atoms with van der Waals surface area (Å²) in [5.74, 6) is -0.513. The van der Waals surface area contributed by atoms with Crippen molar-refractivity contribution in [2.45, 2.75) is 32.6 Å². The summed E-state index contributed by atoms with van der Waals surface area (Å²) in [4.78, 5) is 11.3. The van der Waals surface area contributed by atoms with Crippen molar-refractivity contribution in [1.82, 2.24) is 0 Å². The number of phenolic OH excluding ortho intramolecular Hbond substituents is 1. The van der Waals surface area contributed by atoms with E-state index in [0.29, 0.717) is 0 Å². The predicted molar refractivity (Wildman–Crippen MR) is 62.7 cm³/mol. The van der Waals surface area contributed by atoms with Crippen LogP contribution in [0.5, 0.6) is 5.75 Å². The molecule has 0 amide bonds. The van der Waals surface area contributed by atoms with Crippen molar-refractivity contribution in [1.29, 1.82) is 0 Å². The first-order chi connectivity index (χ1) is 7.69. The molecule has 0 aliphatic rings. The molecule has 16 heavy (non-hydrogen) atoms. The molecule has 0 radical (unpaired) electrons. The summed E-state index contributed by atoms with van der Waals surface area (Å²) >= 11 is 0. The van der Waals surface area contributed by atoms with Crippen LogP contribution in [0.15, 0.2) is 18.2 Å². The average molecular weight is 222 g/mol. The predicted octanol–water partition coefficient (Wildman–Crippen LogP) is 2.91. The quantitative estimate of drug-likeness (QED) is 0.615. The lowest BCUT2D eigenvalue weighted by Gasteiger charge is -2.06. The van der Waals surface area contributed by atoms with Crippen molar-refractivity contribution in [3.05, 3.63) is 29.3 Å². The van der Waals surface area contributed by atoms with Crippen molar-refractivity contribution in [3.63, 3.8) is 0 Å². The fourth-order valence-electron chi connectivity index (χ4n) is 1.59. The number of benzene rings is 1. The number of hydrogen-bond donors (Lipinski definition) is 1. The van der Waals surface area contributed by atoms with Crippen LogP contribution in [-0.2, 0) is 11.2 Å². The number of unbranched alkanes of at least 4 members (excludes halogenated alkanes) is 2. The number of hydrogen-bond acceptors (Lipinski definition) is 3. The molecule has 0 heterocycles. The summed E-state index contributed by atoms with van der Waals surface area (Å²) < 4.78 is 4.60. The standard InChI is InChI=1S/C13H18O3/c1-3-4-5-6-10-7-8-12(14)11(9-10)13(15)16-2/h7-9,14H,3-6H2,1-2H3. The van der Waals surface area contributed by atoms with Crippen molar-refractivity contribution in [3.8, 4) is 5.75 Å². The zero-order valence-electron chi connectivity index (χ0n) is 9.82. The summed E-state index contributed by atoms with van der Waals surface area (Å²) in [6.07, 6.45) is 4.37. The van der Waals surface area contributed by atoms with Gasteiger partial charge in [0.2, 0.25) is 0 Å². The minimum Gasteiger partial charge on any atom is -0.507 e. The number of ether oxygens (including phenoxy) is 1. The third kappa shape index (κ3) is 3.26. The number of aryl methyl sites for hydroxylation is 1. The number of carbonyl (C=O) groups excluding carboxylic acids is 1. The number of methoxy groups -OCH3 is 1. The molecule has 0 aliphatic carbocycles. The molecular formula is C13H18O3. The van der Waals surface area contributed by atoms with Gasteiger partial charge in [0.1, 0.15) is 11.3 Å². The molecule has 1 rings (SSSR count). The van der Waals surface area contributed by atoms with E-state index < -0.39 is 5.97 Å². The summed E-state index contributed by atoms with van der Waals surface area (Å²) in [7, 11) is 1.31. The minimum absolute atomic E-state index is 0.0221. The van der Waals surface area contributed by atoms with E-state index in [4.69, 9.17) is 0 Å². The van der Waals surface area contributed by atoms with Crippen molar-refractivity contribution < 1.29 is 14.6 Å². The molecule has 3 heteroatoms. The topological polar surface area (TPSA) is 46.5 Å². The highest BCUT2D eigenvalue weighted by atomic mass is 16.5. The van der Waals surface area contributed by atoms with Gasteiger partial charge in [-0.05, 0) is 30.5 Å². The van der Waals surface area contributed by atoms with Gasteiger partial charge in [-0.2, -0.15) is 0 Å². The van der Waals surface area contributed by atoms with Crippen LogP contribution in [0.4, 0.5) is 0 Å². The van der Waals surface area contributed by atoms with Gasteiger partial charge in [-0.15, -0.1) is 0 Å². The molecule has 0 atom stereocenters. The van der Waals surface area contributed by atoms with Crippen LogP contribution in [0, 0.1) is 0 Å². The van der Waals surface area contributed by atoms with Crippen LogP contribution in [0.2, 0.25) is 0 Å². The van der Waals surface area contributed by atoms with E-state index >= 15 is 0 Å². The zero-order valence-corrected chi connectivity index (χ0v) is 9.82. The highest BCUT2D eigenvalue weighted by Gasteiger charge is 2.11. The van der Waals surface area contributed by atoms with Crippen LogP contribution < -0.4 is 0 Å². The van der Waals surface area contributed by atoms with E-state index in [0.717, 1.165) is 18.4 Å². The first-order valence-electron chi connectivity index (χ1n) is 5.59. The molecule has 0 unspecified atom stereocenters. The van der Waals surface area contributed by atoms with Gasteiger partial charge in [0.15, 0.2) is 0 Å². The average Bonchev–Trinajstić information content (AvgIpc) is 2.30. The highest BCUT2D eigenvalue weighted by molar-refractivity contribution is 5.92. The second kappa shape index (κ2) is 6.16. The Hall–Kier alpha value is -1.51. The Bertz CT molecular complexity index is 358. The second-order valence-corrected chi connectivity index (χ2v) is 3.80. The third-order valence-corrected chi connectivity index (χ3v) is 2.54. The van der Waals surface area contributed by atoms with Gasteiger partial charge in [-0.3, -0.25) is 0 Å². The Labute approximate surface area is 96.1 Å². The number of aromatic hydroxyl groups is 1. The fraction of sp³-hybridized carbons (Fsp3) is 0.462. The van der Waals surface area contributed by atoms with Gasteiger partial charge in [0.25, 0.3) is 0 Å². The summed E-state index contributed by atoms with van der Waals surface area (Å²) in [5.41, 5.74) is 1.31. The SMILES string of the molecule is CCCCCc1ccc(O)c(C(=O)OC)c1. The van der Waals surface area contributed by atoms with E-state index in [-0.39, 0.29) is 11.3 Å². The molecule has 0 spiro atoms. The lowest BCUT2D eigenvalue weighted by Crippen LogP contribution is -2.02. The summed E-state index contributed by atoms with van der Waals surface area (Å²) in [6.45, 7) is 2.15. The van der Waals surface area contributed by atoms with Crippen molar-refractivity contribution in [2.75, 3.05) is 7.11 Å². The van der Waals surface area contributed by atoms with Gasteiger partial charge in [0, 0.05) is 0 Å². The van der Waals surface area contributed by atoms with E-state index in [1.165, 1.54) is 20.0 Å².